The number of likely N-dealkylation sites (tertiary alicyclic amines) is 2. The molecule has 2 aliphatic heterocycles. The maximum absolute atomic E-state index is 13.8. The average molecular weight is 416 g/mol. The summed E-state index contributed by atoms with van der Waals surface area (Å²) >= 11 is 0. The van der Waals surface area contributed by atoms with Gasteiger partial charge in [0.2, 0.25) is 11.8 Å². The molecule has 2 heterocycles. The first-order valence-electron chi connectivity index (χ1n) is 12.8. The van der Waals surface area contributed by atoms with Crippen LogP contribution in [-0.2, 0) is 9.59 Å². The first-order valence-corrected chi connectivity index (χ1v) is 12.8. The predicted octanol–water partition coefficient (Wildman–Crippen LogP) is 3.43. The highest BCUT2D eigenvalue weighted by Gasteiger charge is 2.56. The van der Waals surface area contributed by atoms with Gasteiger partial charge in [-0.2, -0.15) is 0 Å². The zero-order chi connectivity index (χ0) is 20.9. The summed E-state index contributed by atoms with van der Waals surface area (Å²) in [5.41, 5.74) is -0.132. The van der Waals surface area contributed by atoms with Gasteiger partial charge in [0.05, 0.1) is 5.41 Å². The molecule has 2 amide bonds. The number of amides is 2. The van der Waals surface area contributed by atoms with E-state index in [1.165, 1.54) is 32.1 Å². The fourth-order valence-electron chi connectivity index (χ4n) is 8.18. The van der Waals surface area contributed by atoms with Crippen LogP contribution < -0.4 is 5.32 Å². The third-order valence-electron chi connectivity index (χ3n) is 8.97. The van der Waals surface area contributed by atoms with Gasteiger partial charge in [-0.3, -0.25) is 9.59 Å². The van der Waals surface area contributed by atoms with Crippen molar-refractivity contribution in [1.82, 2.24) is 15.1 Å². The first kappa shape index (κ1) is 20.8. The number of nitrogens with one attached hydrogen (secondary N) is 1. The van der Waals surface area contributed by atoms with Crippen molar-refractivity contribution in [3.63, 3.8) is 0 Å². The minimum atomic E-state index is -0.242. The molecule has 6 rings (SSSR count). The molecule has 3 unspecified atom stereocenters. The number of hydrogen-bond donors (Lipinski definition) is 1. The van der Waals surface area contributed by atoms with Crippen LogP contribution in [0.2, 0.25) is 0 Å². The van der Waals surface area contributed by atoms with Crippen molar-refractivity contribution in [3.05, 3.63) is 0 Å². The molecule has 0 spiro atoms. The van der Waals surface area contributed by atoms with Gasteiger partial charge in [0, 0.05) is 25.7 Å². The zero-order valence-corrected chi connectivity index (χ0v) is 19.1. The molecule has 1 N–H and O–H groups in total. The van der Waals surface area contributed by atoms with E-state index < -0.39 is 0 Å². The maximum Gasteiger partial charge on any atom is 0.243 e. The molecule has 3 atom stereocenters. The quantitative estimate of drug-likeness (QED) is 0.748. The lowest BCUT2D eigenvalue weighted by Gasteiger charge is -2.56. The number of piperidine rings is 1. The highest BCUT2D eigenvalue weighted by molar-refractivity contribution is 5.91. The SMILES string of the molecule is CC1CCCN(CC(C)NC(=O)C2CCCN2C(=O)C23CC4CC(CC(C4)C2)C3)C1. The van der Waals surface area contributed by atoms with E-state index in [2.05, 4.69) is 24.1 Å². The summed E-state index contributed by atoms with van der Waals surface area (Å²) in [4.78, 5) is 31.5. The van der Waals surface area contributed by atoms with Crippen LogP contribution in [-0.4, -0.2) is 59.9 Å². The van der Waals surface area contributed by atoms with Gasteiger partial charge in [0.25, 0.3) is 0 Å². The van der Waals surface area contributed by atoms with Crippen LogP contribution >= 0.6 is 0 Å². The van der Waals surface area contributed by atoms with E-state index in [0.29, 0.717) is 5.91 Å². The van der Waals surface area contributed by atoms with Gasteiger partial charge in [0.1, 0.15) is 6.04 Å². The Morgan fingerprint density at radius 1 is 1.00 bits per heavy atom. The minimum Gasteiger partial charge on any atom is -0.351 e. The van der Waals surface area contributed by atoms with Crippen molar-refractivity contribution in [2.24, 2.45) is 29.1 Å². The molecule has 4 saturated carbocycles. The molecule has 30 heavy (non-hydrogen) atoms. The Morgan fingerprint density at radius 3 is 2.27 bits per heavy atom. The third kappa shape index (κ3) is 3.91. The lowest BCUT2D eigenvalue weighted by Crippen LogP contribution is -2.58. The first-order chi connectivity index (χ1) is 14.4. The molecule has 0 aromatic carbocycles. The summed E-state index contributed by atoms with van der Waals surface area (Å²) in [6.07, 6.45) is 11.7. The Bertz CT molecular complexity index is 642. The van der Waals surface area contributed by atoms with Crippen LogP contribution in [0.25, 0.3) is 0 Å². The number of nitrogens with zero attached hydrogens (tertiary/aromatic N) is 2. The second kappa shape index (κ2) is 8.11. The fraction of sp³-hybridized carbons (Fsp3) is 0.920. The van der Waals surface area contributed by atoms with E-state index in [1.54, 1.807) is 0 Å². The lowest BCUT2D eigenvalue weighted by molar-refractivity contribution is -0.160. The number of hydrogen-bond acceptors (Lipinski definition) is 3. The van der Waals surface area contributed by atoms with Crippen molar-refractivity contribution in [2.75, 3.05) is 26.2 Å². The average Bonchev–Trinajstić information content (AvgIpc) is 3.16. The monoisotopic (exact) mass is 415 g/mol. The van der Waals surface area contributed by atoms with Crippen LogP contribution in [0, 0.1) is 29.1 Å². The summed E-state index contributed by atoms with van der Waals surface area (Å²) in [7, 11) is 0. The van der Waals surface area contributed by atoms with Gasteiger partial charge in [-0.25, -0.2) is 0 Å². The Kier molecular flexibility index (Phi) is 5.62. The molecule has 6 aliphatic rings. The molecule has 2 saturated heterocycles. The largest absolute Gasteiger partial charge is 0.351 e. The van der Waals surface area contributed by atoms with Crippen molar-refractivity contribution in [3.8, 4) is 0 Å². The number of rotatable bonds is 5. The van der Waals surface area contributed by atoms with Crippen molar-refractivity contribution >= 4 is 11.8 Å². The maximum atomic E-state index is 13.8. The second-order valence-electron chi connectivity index (χ2n) is 11.8. The summed E-state index contributed by atoms with van der Waals surface area (Å²) in [6.45, 7) is 8.42. The molecule has 5 nitrogen and oxygen atoms in total. The molecule has 168 valence electrons. The minimum absolute atomic E-state index is 0.0862. The van der Waals surface area contributed by atoms with E-state index in [4.69, 9.17) is 0 Å². The van der Waals surface area contributed by atoms with Crippen molar-refractivity contribution < 1.29 is 9.59 Å². The van der Waals surface area contributed by atoms with Crippen molar-refractivity contribution in [1.29, 1.82) is 0 Å². The fourth-order valence-corrected chi connectivity index (χ4v) is 8.18. The summed E-state index contributed by atoms with van der Waals surface area (Å²) in [5, 5.41) is 3.27. The van der Waals surface area contributed by atoms with E-state index in [0.717, 1.165) is 82.0 Å². The van der Waals surface area contributed by atoms with E-state index in [9.17, 15) is 9.59 Å². The number of carbonyl (C=O) groups excluding carboxylic acids is 2. The van der Waals surface area contributed by atoms with Crippen molar-refractivity contribution in [2.45, 2.75) is 90.1 Å². The number of carbonyl (C=O) groups is 2. The lowest BCUT2D eigenvalue weighted by atomic mass is 9.49. The van der Waals surface area contributed by atoms with Gasteiger partial charge in [0.15, 0.2) is 0 Å². The van der Waals surface area contributed by atoms with Gasteiger partial charge in [-0.15, -0.1) is 0 Å². The van der Waals surface area contributed by atoms with Crippen LogP contribution in [0.15, 0.2) is 0 Å². The molecule has 0 aromatic heterocycles. The van der Waals surface area contributed by atoms with E-state index >= 15 is 0 Å². The van der Waals surface area contributed by atoms with E-state index in [-0.39, 0.29) is 23.4 Å². The Balaban J connectivity index is 1.20. The topological polar surface area (TPSA) is 52.7 Å². The zero-order valence-electron chi connectivity index (χ0n) is 19.1. The van der Waals surface area contributed by atoms with Gasteiger partial charge in [-0.1, -0.05) is 6.92 Å². The molecule has 0 aromatic rings. The Labute approximate surface area is 182 Å². The summed E-state index contributed by atoms with van der Waals surface area (Å²) in [5.74, 6) is 3.47. The molecular formula is C25H41N3O2. The van der Waals surface area contributed by atoms with Crippen LogP contribution in [0.3, 0.4) is 0 Å². The third-order valence-corrected chi connectivity index (χ3v) is 8.97. The van der Waals surface area contributed by atoms with Crippen LogP contribution in [0.4, 0.5) is 0 Å². The highest BCUT2D eigenvalue weighted by Crippen LogP contribution is 2.60. The highest BCUT2D eigenvalue weighted by atomic mass is 16.2. The Morgan fingerprint density at radius 2 is 1.63 bits per heavy atom. The predicted molar refractivity (Wildman–Crippen MR) is 118 cm³/mol. The van der Waals surface area contributed by atoms with E-state index in [1.807, 2.05) is 4.90 Å². The van der Waals surface area contributed by atoms with Gasteiger partial charge in [-0.05, 0) is 101 Å². The summed E-state index contributed by atoms with van der Waals surface area (Å²) < 4.78 is 0. The van der Waals surface area contributed by atoms with Crippen LogP contribution in [0.5, 0.6) is 0 Å². The molecule has 4 aliphatic carbocycles. The normalized spacial score (nSPS) is 41.8. The molecule has 5 heteroatoms. The smallest absolute Gasteiger partial charge is 0.243 e. The molecule has 6 fully saturated rings. The standard InChI is InChI=1S/C25H41N3O2/c1-17-5-3-7-27(15-17)16-18(2)26-23(29)22-6-4-8-28(22)24(30)25-12-19-9-20(13-25)11-21(10-19)14-25/h17-22H,3-16H2,1-2H3,(H,26,29). The van der Waals surface area contributed by atoms with Crippen LogP contribution in [0.1, 0.15) is 78.1 Å². The molecular weight excluding hydrogens is 374 g/mol. The summed E-state index contributed by atoms with van der Waals surface area (Å²) in [6, 6.07) is -0.104. The second-order valence-corrected chi connectivity index (χ2v) is 11.8. The molecule has 4 bridgehead atoms. The molecule has 0 radical (unpaired) electrons. The Hall–Kier alpha value is -1.10. The van der Waals surface area contributed by atoms with Gasteiger partial charge >= 0.3 is 0 Å². The van der Waals surface area contributed by atoms with Gasteiger partial charge < -0.3 is 15.1 Å².